The Morgan fingerprint density at radius 3 is 2.72 bits per heavy atom. The number of carbonyl (C=O) groups excluding carboxylic acids is 1. The summed E-state index contributed by atoms with van der Waals surface area (Å²) in [4.78, 5) is 35.2. The van der Waals surface area contributed by atoms with Crippen LogP contribution in [0.3, 0.4) is 0 Å². The molecule has 1 fully saturated rings. The molecule has 1 amide bonds. The average molecular weight is 565 g/mol. The number of fused-ring (bicyclic) bond motifs is 3. The van der Waals surface area contributed by atoms with E-state index in [4.69, 9.17) is 9.47 Å². The molecule has 1 saturated heterocycles. The summed E-state index contributed by atoms with van der Waals surface area (Å²) in [5, 5.41) is 7.69. The maximum Gasteiger partial charge on any atom is 0.435 e. The zero-order chi connectivity index (χ0) is 28.4. The number of anilines is 2. The van der Waals surface area contributed by atoms with Crippen molar-refractivity contribution in [1.29, 1.82) is 0 Å². The first-order chi connectivity index (χ1) is 18.3. The molecule has 2 aromatic heterocycles. The predicted molar refractivity (Wildman–Crippen MR) is 123 cm³/mol. The van der Waals surface area contributed by atoms with Crippen LogP contribution in [0.4, 0.5) is 37.8 Å². The maximum atomic E-state index is 13.2. The summed E-state index contributed by atoms with van der Waals surface area (Å²) in [6.45, 7) is 2.55. The highest BCUT2D eigenvalue weighted by atomic mass is 19.4. The largest absolute Gasteiger partial charge is 0.475 e. The van der Waals surface area contributed by atoms with Crippen LogP contribution < -0.4 is 20.5 Å². The van der Waals surface area contributed by atoms with E-state index in [-0.39, 0.29) is 49.9 Å². The van der Waals surface area contributed by atoms with Crippen molar-refractivity contribution in [3.05, 3.63) is 34.0 Å². The van der Waals surface area contributed by atoms with Gasteiger partial charge in [0.1, 0.15) is 5.56 Å². The second-order valence-electron chi connectivity index (χ2n) is 9.06. The Morgan fingerprint density at radius 1 is 1.23 bits per heavy atom. The number of H-pyrrole nitrogens is 1. The van der Waals surface area contributed by atoms with Crippen molar-refractivity contribution in [2.24, 2.45) is 0 Å². The molecule has 2 aliphatic heterocycles. The highest BCUT2D eigenvalue weighted by Gasteiger charge is 2.39. The number of nitrogens with one attached hydrogen (secondary N) is 2. The lowest BCUT2D eigenvalue weighted by Gasteiger charge is -2.41. The number of carbonyl (C=O) groups is 1. The van der Waals surface area contributed by atoms with Crippen LogP contribution >= 0.6 is 0 Å². The molecular weight excluding hydrogens is 540 g/mol. The standard InChI is InChI=1S/C22H25F6N7O4/c1-12(31-14-8-30-33-19(37)17(14)22(26,27)28)11-38-6-3-16(36)34-4-5-35-13(10-34)2-7-39-20-18(35)29-9-15(32-20)21(23,24)25/h8-9,12-13H,2-7,10-11H2,1H3,(H2,31,33,37)/t12-,13+/m0/s1. The fourth-order valence-electron chi connectivity index (χ4n) is 4.37. The first kappa shape index (κ1) is 28.4. The molecule has 4 heterocycles. The lowest BCUT2D eigenvalue weighted by Crippen LogP contribution is -2.55. The minimum Gasteiger partial charge on any atom is -0.475 e. The molecular formula is C22H25F6N7O4. The molecule has 2 atom stereocenters. The van der Waals surface area contributed by atoms with Crippen molar-refractivity contribution in [2.75, 3.05) is 49.7 Å². The first-order valence-electron chi connectivity index (χ1n) is 11.9. The number of amides is 1. The van der Waals surface area contributed by atoms with Crippen molar-refractivity contribution in [3.8, 4) is 5.88 Å². The lowest BCUT2D eigenvalue weighted by atomic mass is 10.1. The number of ether oxygens (including phenoxy) is 2. The summed E-state index contributed by atoms with van der Waals surface area (Å²) in [7, 11) is 0. The van der Waals surface area contributed by atoms with E-state index in [1.807, 2.05) is 0 Å². The minimum absolute atomic E-state index is 0.00707. The average Bonchev–Trinajstić information content (AvgIpc) is 3.03. The van der Waals surface area contributed by atoms with Gasteiger partial charge in [-0.15, -0.1) is 0 Å². The van der Waals surface area contributed by atoms with E-state index in [2.05, 4.69) is 20.4 Å². The molecule has 2 aliphatic rings. The van der Waals surface area contributed by atoms with E-state index in [0.717, 1.165) is 6.20 Å². The van der Waals surface area contributed by atoms with Crippen LogP contribution in [0.25, 0.3) is 0 Å². The monoisotopic (exact) mass is 565 g/mol. The van der Waals surface area contributed by atoms with Crippen LogP contribution in [-0.2, 0) is 21.9 Å². The molecule has 11 nitrogen and oxygen atoms in total. The minimum atomic E-state index is -4.87. The van der Waals surface area contributed by atoms with Crippen LogP contribution in [0.1, 0.15) is 31.0 Å². The number of aromatic amines is 1. The molecule has 0 unspecified atom stereocenters. The molecule has 0 aliphatic carbocycles. The highest BCUT2D eigenvalue weighted by molar-refractivity contribution is 5.76. The Labute approximate surface area is 217 Å². The summed E-state index contributed by atoms with van der Waals surface area (Å²) >= 11 is 0. The number of alkyl halides is 6. The fourth-order valence-corrected chi connectivity index (χ4v) is 4.37. The van der Waals surface area contributed by atoms with Gasteiger partial charge in [-0.1, -0.05) is 0 Å². The summed E-state index contributed by atoms with van der Waals surface area (Å²) in [5.74, 6) is -0.203. The van der Waals surface area contributed by atoms with Gasteiger partial charge in [0.05, 0.1) is 50.4 Å². The Balaban J connectivity index is 1.26. The smallest absolute Gasteiger partial charge is 0.435 e. The molecule has 0 bridgehead atoms. The van der Waals surface area contributed by atoms with E-state index in [9.17, 15) is 35.9 Å². The van der Waals surface area contributed by atoms with Gasteiger partial charge in [0, 0.05) is 32.1 Å². The molecule has 0 spiro atoms. The van der Waals surface area contributed by atoms with Gasteiger partial charge in [-0.05, 0) is 6.92 Å². The molecule has 214 valence electrons. The topological polar surface area (TPSA) is 126 Å². The van der Waals surface area contributed by atoms with Gasteiger partial charge in [-0.3, -0.25) is 9.59 Å². The van der Waals surface area contributed by atoms with E-state index in [1.165, 1.54) is 0 Å². The number of piperazine rings is 1. The third kappa shape index (κ3) is 6.69. The summed E-state index contributed by atoms with van der Waals surface area (Å²) < 4.78 is 89.4. The second-order valence-corrected chi connectivity index (χ2v) is 9.06. The van der Waals surface area contributed by atoms with Crippen LogP contribution in [0.15, 0.2) is 17.2 Å². The zero-order valence-electron chi connectivity index (χ0n) is 20.6. The van der Waals surface area contributed by atoms with E-state index in [0.29, 0.717) is 32.3 Å². The van der Waals surface area contributed by atoms with Crippen molar-refractivity contribution in [2.45, 2.75) is 44.2 Å². The zero-order valence-corrected chi connectivity index (χ0v) is 20.6. The number of nitrogens with zero attached hydrogens (tertiary/aromatic N) is 5. The van der Waals surface area contributed by atoms with Gasteiger partial charge in [0.25, 0.3) is 11.4 Å². The Hall–Kier alpha value is -3.63. The summed E-state index contributed by atoms with van der Waals surface area (Å²) in [5.41, 5.74) is -4.39. The number of halogens is 6. The van der Waals surface area contributed by atoms with Gasteiger partial charge < -0.3 is 24.6 Å². The highest BCUT2D eigenvalue weighted by Crippen LogP contribution is 2.35. The molecule has 0 radical (unpaired) electrons. The normalized spacial score (nSPS) is 18.5. The third-order valence-corrected chi connectivity index (χ3v) is 6.18. The van der Waals surface area contributed by atoms with Gasteiger partial charge in [0.2, 0.25) is 5.91 Å². The third-order valence-electron chi connectivity index (χ3n) is 6.18. The second kappa shape index (κ2) is 11.2. The van der Waals surface area contributed by atoms with E-state index >= 15 is 0 Å². The Bertz CT molecular complexity index is 1240. The number of hydrogen-bond donors (Lipinski definition) is 2. The molecule has 2 aromatic rings. The molecule has 17 heteroatoms. The van der Waals surface area contributed by atoms with Gasteiger partial charge in [-0.25, -0.2) is 15.1 Å². The lowest BCUT2D eigenvalue weighted by molar-refractivity contribution is -0.141. The molecule has 39 heavy (non-hydrogen) atoms. The number of hydrogen-bond acceptors (Lipinski definition) is 9. The van der Waals surface area contributed by atoms with Crippen molar-refractivity contribution in [3.63, 3.8) is 0 Å². The van der Waals surface area contributed by atoms with E-state index in [1.54, 1.807) is 21.8 Å². The van der Waals surface area contributed by atoms with Crippen LogP contribution in [0, 0.1) is 0 Å². The summed E-state index contributed by atoms with van der Waals surface area (Å²) in [6, 6.07) is -0.857. The number of rotatable bonds is 7. The van der Waals surface area contributed by atoms with Crippen LogP contribution in [0.2, 0.25) is 0 Å². The predicted octanol–water partition coefficient (Wildman–Crippen LogP) is 2.30. The van der Waals surface area contributed by atoms with Crippen LogP contribution in [0.5, 0.6) is 5.88 Å². The first-order valence-corrected chi connectivity index (χ1v) is 11.9. The fraction of sp³-hybridized carbons (Fsp3) is 0.591. The van der Waals surface area contributed by atoms with Crippen LogP contribution in [-0.4, -0.2) is 82.5 Å². The Kier molecular flexibility index (Phi) is 8.17. The molecule has 0 aromatic carbocycles. The Morgan fingerprint density at radius 2 is 2.00 bits per heavy atom. The van der Waals surface area contributed by atoms with Gasteiger partial charge in [0.15, 0.2) is 11.5 Å². The van der Waals surface area contributed by atoms with E-state index < -0.39 is 40.9 Å². The van der Waals surface area contributed by atoms with Crippen molar-refractivity contribution in [1.82, 2.24) is 25.1 Å². The maximum absolute atomic E-state index is 13.2. The molecule has 4 rings (SSSR count). The molecule has 0 saturated carbocycles. The summed E-state index contributed by atoms with van der Waals surface area (Å²) in [6.07, 6.45) is -7.54. The quantitative estimate of drug-likeness (QED) is 0.384. The molecule has 2 N–H and O–H groups in total. The van der Waals surface area contributed by atoms with Gasteiger partial charge in [-0.2, -0.15) is 31.4 Å². The van der Waals surface area contributed by atoms with Crippen molar-refractivity contribution >= 4 is 17.4 Å². The van der Waals surface area contributed by atoms with Crippen molar-refractivity contribution < 1.29 is 40.6 Å². The SMILES string of the molecule is C[C@@H](COCCC(=O)N1CCN2c3ncc(C(F)(F)F)nc3OCC[C@@H]2C1)Nc1cn[nH]c(=O)c1C(F)(F)F. The number of aromatic nitrogens is 4. The van der Waals surface area contributed by atoms with Gasteiger partial charge >= 0.3 is 12.4 Å².